The van der Waals surface area contributed by atoms with E-state index in [1.54, 1.807) is 33.6 Å². The van der Waals surface area contributed by atoms with E-state index in [1.165, 1.54) is 59.7 Å². The average Bonchev–Trinajstić information content (AvgIpc) is 3.95. The Labute approximate surface area is 299 Å². The first-order valence-electron chi connectivity index (χ1n) is 15.8. The van der Waals surface area contributed by atoms with Gasteiger partial charge >= 0.3 is 17.9 Å². The molecule has 53 heavy (non-hydrogen) atoms. The molecule has 1 aliphatic carbocycles. The lowest BCUT2D eigenvalue weighted by Crippen LogP contribution is -1.98. The Kier molecular flexibility index (Phi) is 8.97. The van der Waals surface area contributed by atoms with Gasteiger partial charge in [-0.15, -0.1) is 10.2 Å². The summed E-state index contributed by atoms with van der Waals surface area (Å²) in [6, 6.07) is 31.1. The first kappa shape index (κ1) is 33.6. The molecule has 0 saturated heterocycles. The van der Waals surface area contributed by atoms with Gasteiger partial charge in [0, 0.05) is 21.7 Å². The number of aromatic carboxylic acids is 3. The van der Waals surface area contributed by atoms with Crippen LogP contribution in [-0.4, -0.2) is 63.2 Å². The number of carbonyl (C=O) groups is 3. The largest absolute Gasteiger partial charge is 0.478 e. The Morgan fingerprint density at radius 2 is 0.981 bits per heavy atom. The first-order chi connectivity index (χ1) is 25.7. The van der Waals surface area contributed by atoms with E-state index in [1.807, 2.05) is 24.5 Å². The zero-order valence-corrected chi connectivity index (χ0v) is 27.3. The van der Waals surface area contributed by atoms with E-state index in [9.17, 15) is 14.4 Å². The van der Waals surface area contributed by atoms with Gasteiger partial charge in [0.25, 0.3) is 0 Å². The molecule has 0 saturated carbocycles. The zero-order chi connectivity index (χ0) is 37.1. The molecular formula is C38H25N9O6. The van der Waals surface area contributed by atoms with Crippen LogP contribution in [0.4, 0.5) is 5.69 Å². The molecule has 2 heterocycles. The van der Waals surface area contributed by atoms with Crippen molar-refractivity contribution in [3.63, 3.8) is 0 Å². The van der Waals surface area contributed by atoms with Gasteiger partial charge in [-0.05, 0) is 107 Å². The van der Waals surface area contributed by atoms with Crippen LogP contribution in [0.3, 0.4) is 0 Å². The molecule has 258 valence electrons. The zero-order valence-electron chi connectivity index (χ0n) is 27.3. The lowest BCUT2D eigenvalue weighted by atomic mass is 9.99. The van der Waals surface area contributed by atoms with Gasteiger partial charge in [0.1, 0.15) is 11.4 Å². The highest BCUT2D eigenvalue weighted by molar-refractivity contribution is 5.89. The summed E-state index contributed by atoms with van der Waals surface area (Å²) in [5.41, 5.74) is 18.4. The lowest BCUT2D eigenvalue weighted by Gasteiger charge is -2.05. The maximum absolute atomic E-state index is 11.2. The molecule has 7 aromatic rings. The van der Waals surface area contributed by atoms with Crippen molar-refractivity contribution in [2.45, 2.75) is 6.42 Å². The fourth-order valence-corrected chi connectivity index (χ4v) is 5.77. The molecule has 3 N–H and O–H groups in total. The number of carboxylic acid groups (broad SMARTS) is 3. The number of hydrogen-bond acceptors (Lipinski definition) is 8. The molecule has 0 bridgehead atoms. The third-order valence-corrected chi connectivity index (χ3v) is 8.50. The van der Waals surface area contributed by atoms with Crippen molar-refractivity contribution in [2.75, 3.05) is 0 Å². The van der Waals surface area contributed by atoms with Gasteiger partial charge in [-0.1, -0.05) is 51.9 Å². The maximum atomic E-state index is 11.2. The molecule has 5 aromatic carbocycles. The highest BCUT2D eigenvalue weighted by Crippen LogP contribution is 2.40. The minimum Gasteiger partial charge on any atom is -0.478 e. The topological polar surface area (TPSA) is 222 Å². The van der Waals surface area contributed by atoms with Crippen LogP contribution in [0.5, 0.6) is 0 Å². The molecule has 0 radical (unpaired) electrons. The molecule has 1 aliphatic rings. The summed E-state index contributed by atoms with van der Waals surface area (Å²) in [6.07, 6.45) is 4.48. The second-order valence-corrected chi connectivity index (χ2v) is 11.8. The summed E-state index contributed by atoms with van der Waals surface area (Å²) >= 11 is 0. The summed E-state index contributed by atoms with van der Waals surface area (Å²) < 4.78 is 3.25. The standard InChI is InChI=1S/C31H20N6O4.C7H5N3O2/c38-30(39)18-5-9-24(10-6-18)36-16-28(32-34-36)22-3-1-20-13-21-2-4-23(15-27(21)26(20)14-22)29-17-37(35-33-29)25-11-7-19(8-12-25)31(40)41;8-10-9-6-3-1-5(2-4-6)7(11)12/h1-12,14-17H,13H2,(H,38,39)(H,40,41);1-4H,(H,11,12). The SMILES string of the molecule is O=C(O)c1ccc(-n2cc(-c3ccc4c(c3)-c3cc(-c5cn(-c6ccc(C(=O)O)cc6)nn5)ccc3C4)nn2)cc1.[N-]=[N+]=Nc1ccc(C(=O)O)cc1. The Morgan fingerprint density at radius 3 is 1.36 bits per heavy atom. The summed E-state index contributed by atoms with van der Waals surface area (Å²) in [5.74, 6) is -2.95. The summed E-state index contributed by atoms with van der Waals surface area (Å²) in [6.45, 7) is 0. The van der Waals surface area contributed by atoms with E-state index in [0.717, 1.165) is 40.0 Å². The Morgan fingerprint density at radius 1 is 0.585 bits per heavy atom. The Hall–Kier alpha value is -7.90. The number of rotatable bonds is 8. The number of benzene rings is 5. The second kappa shape index (κ2) is 14.1. The highest BCUT2D eigenvalue weighted by atomic mass is 16.4. The molecule has 15 nitrogen and oxygen atoms in total. The monoisotopic (exact) mass is 703 g/mol. The van der Waals surface area contributed by atoms with Crippen molar-refractivity contribution in [2.24, 2.45) is 5.11 Å². The number of carboxylic acids is 3. The molecule has 8 rings (SSSR count). The van der Waals surface area contributed by atoms with Gasteiger partial charge in [0.05, 0.1) is 40.5 Å². The fourth-order valence-electron chi connectivity index (χ4n) is 5.77. The smallest absolute Gasteiger partial charge is 0.335 e. The molecular weight excluding hydrogens is 678 g/mol. The predicted molar refractivity (Wildman–Crippen MR) is 192 cm³/mol. The van der Waals surface area contributed by atoms with Gasteiger partial charge in [0.2, 0.25) is 0 Å². The van der Waals surface area contributed by atoms with E-state index in [-0.39, 0.29) is 16.7 Å². The Bertz CT molecular complexity index is 2410. The second-order valence-electron chi connectivity index (χ2n) is 11.8. The van der Waals surface area contributed by atoms with Crippen molar-refractivity contribution in [3.05, 3.63) is 160 Å². The van der Waals surface area contributed by atoms with Crippen LogP contribution in [0, 0.1) is 0 Å². The van der Waals surface area contributed by atoms with Gasteiger partial charge in [-0.2, -0.15) is 0 Å². The van der Waals surface area contributed by atoms with Gasteiger partial charge < -0.3 is 15.3 Å². The highest BCUT2D eigenvalue weighted by Gasteiger charge is 2.21. The number of aromatic nitrogens is 6. The number of azide groups is 1. The van der Waals surface area contributed by atoms with Gasteiger partial charge in [-0.25, -0.2) is 23.7 Å². The predicted octanol–water partition coefficient (Wildman–Crippen LogP) is 7.48. The lowest BCUT2D eigenvalue weighted by molar-refractivity contribution is 0.0686. The van der Waals surface area contributed by atoms with E-state index < -0.39 is 17.9 Å². The molecule has 0 fully saturated rings. The van der Waals surface area contributed by atoms with Crippen LogP contribution < -0.4 is 0 Å². The van der Waals surface area contributed by atoms with Crippen LogP contribution in [0.15, 0.2) is 127 Å². The molecule has 0 unspecified atom stereocenters. The van der Waals surface area contributed by atoms with E-state index in [0.29, 0.717) is 17.1 Å². The molecule has 0 aliphatic heterocycles. The first-order valence-corrected chi connectivity index (χ1v) is 15.8. The Balaban J connectivity index is 0.000000310. The van der Waals surface area contributed by atoms with Gasteiger partial charge in [0.15, 0.2) is 0 Å². The molecule has 0 spiro atoms. The summed E-state index contributed by atoms with van der Waals surface area (Å²) in [5, 5.41) is 47.3. The third-order valence-electron chi connectivity index (χ3n) is 8.50. The summed E-state index contributed by atoms with van der Waals surface area (Å²) in [4.78, 5) is 35.2. The maximum Gasteiger partial charge on any atom is 0.335 e. The minimum atomic E-state index is -0.998. The number of fused-ring (bicyclic) bond motifs is 3. The fraction of sp³-hybridized carbons (Fsp3) is 0.0263. The van der Waals surface area contributed by atoms with Crippen LogP contribution in [0.2, 0.25) is 0 Å². The van der Waals surface area contributed by atoms with Crippen molar-refractivity contribution in [1.29, 1.82) is 0 Å². The van der Waals surface area contributed by atoms with Crippen molar-refractivity contribution in [1.82, 2.24) is 30.0 Å². The minimum absolute atomic E-state index is 0.173. The van der Waals surface area contributed by atoms with Crippen LogP contribution in [0.25, 0.3) is 55.5 Å². The van der Waals surface area contributed by atoms with Gasteiger partial charge in [-0.3, -0.25) is 0 Å². The average molecular weight is 704 g/mol. The number of nitrogens with zero attached hydrogens (tertiary/aromatic N) is 9. The normalized spacial score (nSPS) is 11.0. The van der Waals surface area contributed by atoms with E-state index in [2.05, 4.69) is 54.9 Å². The van der Waals surface area contributed by atoms with Crippen molar-refractivity contribution in [3.8, 4) is 45.0 Å². The quantitative estimate of drug-likeness (QED) is 0.0804. The van der Waals surface area contributed by atoms with E-state index in [4.69, 9.17) is 20.9 Å². The number of hydrogen-bond donors (Lipinski definition) is 3. The van der Waals surface area contributed by atoms with Crippen molar-refractivity contribution >= 4 is 23.6 Å². The van der Waals surface area contributed by atoms with Crippen LogP contribution in [0.1, 0.15) is 42.2 Å². The molecule has 0 atom stereocenters. The van der Waals surface area contributed by atoms with Crippen molar-refractivity contribution < 1.29 is 29.7 Å². The van der Waals surface area contributed by atoms with E-state index >= 15 is 0 Å². The molecule has 2 aromatic heterocycles. The molecule has 15 heteroatoms. The van der Waals surface area contributed by atoms with Crippen LogP contribution in [-0.2, 0) is 6.42 Å². The van der Waals surface area contributed by atoms with Crippen LogP contribution >= 0.6 is 0 Å². The molecule has 0 amide bonds. The third kappa shape index (κ3) is 7.08. The summed E-state index contributed by atoms with van der Waals surface area (Å²) in [7, 11) is 0.